The molecule has 2 N–H and O–H groups in total. The zero-order chi connectivity index (χ0) is 16.4. The second-order valence-electron chi connectivity index (χ2n) is 5.18. The monoisotopic (exact) mass is 398 g/mol. The number of piperazine rings is 1. The molecular formula is C13H15BrN6O2S. The van der Waals surface area contributed by atoms with E-state index >= 15 is 0 Å². The summed E-state index contributed by atoms with van der Waals surface area (Å²) in [6.07, 6.45) is 3.39. The van der Waals surface area contributed by atoms with Gasteiger partial charge in [0.25, 0.3) is 0 Å². The van der Waals surface area contributed by atoms with Crippen molar-refractivity contribution in [3.63, 3.8) is 0 Å². The fourth-order valence-corrected chi connectivity index (χ4v) is 3.81. The number of aromatic nitrogens is 2. The van der Waals surface area contributed by atoms with Crippen LogP contribution in [-0.4, -0.2) is 46.0 Å². The lowest BCUT2D eigenvalue weighted by atomic mass is 10.2. The first-order valence-electron chi connectivity index (χ1n) is 6.99. The van der Waals surface area contributed by atoms with Crippen LogP contribution in [-0.2, 0) is 6.54 Å². The maximum Gasteiger partial charge on any atom is 0.335 e. The Kier molecular flexibility index (Phi) is 4.74. The van der Waals surface area contributed by atoms with Crippen molar-refractivity contribution in [1.29, 1.82) is 0 Å². The van der Waals surface area contributed by atoms with E-state index in [1.54, 1.807) is 11.3 Å². The Hall–Kier alpha value is -1.78. The minimum atomic E-state index is -0.466. The molecule has 122 valence electrons. The number of hydrogen-bond donors (Lipinski definition) is 1. The zero-order valence-electron chi connectivity index (χ0n) is 12.2. The van der Waals surface area contributed by atoms with Crippen molar-refractivity contribution in [2.24, 2.45) is 0 Å². The van der Waals surface area contributed by atoms with Crippen molar-refractivity contribution in [3.05, 3.63) is 37.4 Å². The number of nitrogen functional groups attached to an aromatic ring is 1. The van der Waals surface area contributed by atoms with E-state index < -0.39 is 4.92 Å². The number of halogens is 1. The maximum absolute atomic E-state index is 11.3. The molecule has 1 saturated heterocycles. The lowest BCUT2D eigenvalue weighted by Crippen LogP contribution is -2.46. The van der Waals surface area contributed by atoms with E-state index in [0.29, 0.717) is 23.2 Å². The van der Waals surface area contributed by atoms with Crippen molar-refractivity contribution in [2.75, 3.05) is 36.8 Å². The van der Waals surface area contributed by atoms with Crippen LogP contribution in [0.5, 0.6) is 0 Å². The van der Waals surface area contributed by atoms with Crippen molar-refractivity contribution in [1.82, 2.24) is 14.9 Å². The Balaban J connectivity index is 1.75. The summed E-state index contributed by atoms with van der Waals surface area (Å²) in [7, 11) is 0. The van der Waals surface area contributed by atoms with E-state index in [9.17, 15) is 10.1 Å². The van der Waals surface area contributed by atoms with Gasteiger partial charge in [-0.2, -0.15) is 0 Å². The van der Waals surface area contributed by atoms with Gasteiger partial charge in [-0.3, -0.25) is 20.0 Å². The van der Waals surface area contributed by atoms with Gasteiger partial charge >= 0.3 is 5.69 Å². The van der Waals surface area contributed by atoms with Crippen LogP contribution < -0.4 is 10.6 Å². The summed E-state index contributed by atoms with van der Waals surface area (Å²) in [5.74, 6) is -0.0553. The first kappa shape index (κ1) is 16.1. The number of nitrogens with zero attached hydrogens (tertiary/aromatic N) is 5. The average molecular weight is 399 g/mol. The molecular weight excluding hydrogens is 384 g/mol. The summed E-state index contributed by atoms with van der Waals surface area (Å²) in [6, 6.07) is 0. The van der Waals surface area contributed by atoms with Crippen LogP contribution in [0.4, 0.5) is 17.2 Å². The van der Waals surface area contributed by atoms with Gasteiger partial charge < -0.3 is 10.6 Å². The molecule has 10 heteroatoms. The van der Waals surface area contributed by atoms with Crippen LogP contribution in [0.25, 0.3) is 0 Å². The number of hydrogen-bond acceptors (Lipinski definition) is 8. The van der Waals surface area contributed by atoms with E-state index in [4.69, 9.17) is 5.73 Å². The molecule has 0 radical (unpaired) electrons. The van der Waals surface area contributed by atoms with Gasteiger partial charge in [-0.15, -0.1) is 11.3 Å². The van der Waals surface area contributed by atoms with Crippen molar-refractivity contribution < 1.29 is 4.92 Å². The first-order valence-corrected chi connectivity index (χ1v) is 8.66. The molecule has 0 saturated carbocycles. The van der Waals surface area contributed by atoms with E-state index in [2.05, 4.69) is 30.8 Å². The smallest absolute Gasteiger partial charge is 0.335 e. The molecule has 0 atom stereocenters. The first-order chi connectivity index (χ1) is 11.1. The van der Waals surface area contributed by atoms with Crippen LogP contribution >= 0.6 is 27.3 Å². The highest BCUT2D eigenvalue weighted by molar-refractivity contribution is 9.10. The van der Waals surface area contributed by atoms with Crippen LogP contribution in [0.1, 0.15) is 4.88 Å². The molecule has 3 rings (SSSR count). The summed E-state index contributed by atoms with van der Waals surface area (Å²) in [4.78, 5) is 24.3. The standard InChI is InChI=1S/C13H15BrN6O2S/c14-10-6-17-13(15)12(20(21)22)11(10)19-3-1-18(2-4-19)7-9-5-16-8-23-9/h5-6,8H,1-4,7H2,(H2,15,17). The second-order valence-corrected chi connectivity index (χ2v) is 7.00. The van der Waals surface area contributed by atoms with Crippen LogP contribution in [0.2, 0.25) is 0 Å². The minimum absolute atomic E-state index is 0.0553. The number of anilines is 2. The van der Waals surface area contributed by atoms with Crippen molar-refractivity contribution >= 4 is 44.5 Å². The van der Waals surface area contributed by atoms with E-state index in [1.807, 2.05) is 16.6 Å². The van der Waals surface area contributed by atoms with Crippen molar-refractivity contribution in [3.8, 4) is 0 Å². The third-order valence-corrected chi connectivity index (χ3v) is 5.09. The Bertz CT molecular complexity index is 703. The Morgan fingerprint density at radius 1 is 1.35 bits per heavy atom. The molecule has 0 unspecified atom stereocenters. The third kappa shape index (κ3) is 3.43. The van der Waals surface area contributed by atoms with Gasteiger partial charge in [-0.05, 0) is 15.9 Å². The van der Waals surface area contributed by atoms with Crippen LogP contribution in [0, 0.1) is 10.1 Å². The van der Waals surface area contributed by atoms with E-state index in [0.717, 1.165) is 19.6 Å². The fraction of sp³-hybridized carbons (Fsp3) is 0.385. The van der Waals surface area contributed by atoms with Gasteiger partial charge in [0.2, 0.25) is 5.82 Å². The topological polar surface area (TPSA) is 101 Å². The normalized spacial score (nSPS) is 15.8. The molecule has 1 aliphatic heterocycles. The Morgan fingerprint density at radius 3 is 2.70 bits per heavy atom. The lowest BCUT2D eigenvalue weighted by molar-refractivity contribution is -0.383. The molecule has 0 aromatic carbocycles. The molecule has 0 amide bonds. The molecule has 2 aromatic heterocycles. The summed E-state index contributed by atoms with van der Waals surface area (Å²) in [5, 5.41) is 11.3. The highest BCUT2D eigenvalue weighted by atomic mass is 79.9. The average Bonchev–Trinajstić information content (AvgIpc) is 3.03. The van der Waals surface area contributed by atoms with Crippen LogP contribution in [0.15, 0.2) is 22.4 Å². The molecule has 8 nitrogen and oxygen atoms in total. The van der Waals surface area contributed by atoms with Gasteiger partial charge in [-0.25, -0.2) is 4.98 Å². The Morgan fingerprint density at radius 2 is 2.09 bits per heavy atom. The van der Waals surface area contributed by atoms with E-state index in [1.165, 1.54) is 11.1 Å². The Labute approximate surface area is 145 Å². The quantitative estimate of drug-likeness (QED) is 0.621. The number of thiazole rings is 1. The molecule has 3 heterocycles. The molecule has 23 heavy (non-hydrogen) atoms. The summed E-state index contributed by atoms with van der Waals surface area (Å²) in [5.41, 5.74) is 7.91. The highest BCUT2D eigenvalue weighted by Crippen LogP contribution is 2.39. The predicted molar refractivity (Wildman–Crippen MR) is 92.6 cm³/mol. The van der Waals surface area contributed by atoms with Gasteiger partial charge in [-0.1, -0.05) is 0 Å². The van der Waals surface area contributed by atoms with Gasteiger partial charge in [0.1, 0.15) is 5.69 Å². The SMILES string of the molecule is Nc1ncc(Br)c(N2CCN(Cc3cncs3)CC2)c1[N+](=O)[O-]. The zero-order valence-corrected chi connectivity index (χ0v) is 14.6. The van der Waals surface area contributed by atoms with E-state index in [-0.39, 0.29) is 11.5 Å². The second kappa shape index (κ2) is 6.77. The number of pyridine rings is 1. The third-order valence-electron chi connectivity index (χ3n) is 3.74. The molecule has 0 spiro atoms. The largest absolute Gasteiger partial charge is 0.378 e. The molecule has 2 aromatic rings. The lowest BCUT2D eigenvalue weighted by Gasteiger charge is -2.35. The molecule has 1 aliphatic rings. The van der Waals surface area contributed by atoms with Crippen LogP contribution in [0.3, 0.4) is 0 Å². The van der Waals surface area contributed by atoms with Gasteiger partial charge in [0.05, 0.1) is 14.9 Å². The summed E-state index contributed by atoms with van der Waals surface area (Å²) < 4.78 is 0.592. The molecule has 1 fully saturated rings. The molecule has 0 bridgehead atoms. The minimum Gasteiger partial charge on any atom is -0.378 e. The van der Waals surface area contributed by atoms with Gasteiger partial charge in [0.15, 0.2) is 0 Å². The van der Waals surface area contributed by atoms with Gasteiger partial charge in [0, 0.05) is 50.0 Å². The number of nitrogens with two attached hydrogens (primary N) is 1. The number of nitro groups is 1. The fourth-order valence-electron chi connectivity index (χ4n) is 2.63. The molecule has 0 aliphatic carbocycles. The summed E-state index contributed by atoms with van der Waals surface area (Å²) >= 11 is 5.00. The number of rotatable bonds is 4. The highest BCUT2D eigenvalue weighted by Gasteiger charge is 2.29. The maximum atomic E-state index is 11.3. The van der Waals surface area contributed by atoms with Crippen molar-refractivity contribution in [2.45, 2.75) is 6.54 Å². The summed E-state index contributed by atoms with van der Waals surface area (Å²) in [6.45, 7) is 3.90. The predicted octanol–water partition coefficient (Wildman–Crippen LogP) is 2.11.